The SMILES string of the molecule is OC(c1cc(F)cc(F)c1)c1cc2c(F)cc(Br)cc2cn1. The number of pyridine rings is 1. The van der Waals surface area contributed by atoms with Crippen molar-refractivity contribution in [2.75, 3.05) is 0 Å². The molecule has 112 valence electrons. The van der Waals surface area contributed by atoms with E-state index in [1.165, 1.54) is 18.3 Å². The minimum Gasteiger partial charge on any atom is -0.382 e. The van der Waals surface area contributed by atoms with Crippen molar-refractivity contribution < 1.29 is 18.3 Å². The largest absolute Gasteiger partial charge is 0.382 e. The molecule has 0 fully saturated rings. The molecule has 1 atom stereocenters. The summed E-state index contributed by atoms with van der Waals surface area (Å²) in [6.45, 7) is 0. The van der Waals surface area contributed by atoms with Crippen molar-refractivity contribution in [1.82, 2.24) is 4.98 Å². The molecular formula is C16H9BrF3NO. The van der Waals surface area contributed by atoms with Crippen molar-refractivity contribution in [2.45, 2.75) is 6.10 Å². The Kier molecular flexibility index (Phi) is 3.88. The molecule has 0 saturated carbocycles. The maximum Gasteiger partial charge on any atom is 0.132 e. The van der Waals surface area contributed by atoms with Crippen molar-refractivity contribution in [2.24, 2.45) is 0 Å². The van der Waals surface area contributed by atoms with Gasteiger partial charge in [-0.1, -0.05) is 15.9 Å². The lowest BCUT2D eigenvalue weighted by atomic mass is 10.0. The zero-order valence-electron chi connectivity index (χ0n) is 11.0. The van der Waals surface area contributed by atoms with Gasteiger partial charge in [-0.15, -0.1) is 0 Å². The van der Waals surface area contributed by atoms with E-state index in [1.54, 1.807) is 6.07 Å². The summed E-state index contributed by atoms with van der Waals surface area (Å²) in [5.74, 6) is -2.08. The van der Waals surface area contributed by atoms with E-state index in [4.69, 9.17) is 0 Å². The van der Waals surface area contributed by atoms with Crippen molar-refractivity contribution in [3.05, 3.63) is 75.8 Å². The number of aliphatic hydroxyl groups excluding tert-OH is 1. The number of nitrogens with zero attached hydrogens (tertiary/aromatic N) is 1. The van der Waals surface area contributed by atoms with Gasteiger partial charge in [0, 0.05) is 27.5 Å². The average molecular weight is 368 g/mol. The molecule has 0 aliphatic heterocycles. The van der Waals surface area contributed by atoms with Crippen LogP contribution in [0.15, 0.2) is 47.1 Å². The van der Waals surface area contributed by atoms with E-state index in [-0.39, 0.29) is 16.6 Å². The molecule has 0 spiro atoms. The van der Waals surface area contributed by atoms with Crippen molar-refractivity contribution >= 4 is 26.7 Å². The van der Waals surface area contributed by atoms with Gasteiger partial charge in [-0.25, -0.2) is 13.2 Å². The van der Waals surface area contributed by atoms with Gasteiger partial charge in [-0.3, -0.25) is 4.98 Å². The zero-order chi connectivity index (χ0) is 15.9. The molecule has 6 heteroatoms. The first kappa shape index (κ1) is 15.0. The quantitative estimate of drug-likeness (QED) is 0.723. The molecule has 2 aromatic carbocycles. The minimum atomic E-state index is -1.35. The van der Waals surface area contributed by atoms with Crippen LogP contribution in [0.3, 0.4) is 0 Å². The standard InChI is InChI=1S/C16H9BrF3NO/c17-10-1-9-7-21-15(6-13(9)14(20)4-10)16(22)8-2-11(18)5-12(19)3-8/h1-7,16,22H. The summed E-state index contributed by atoms with van der Waals surface area (Å²) in [4.78, 5) is 4.04. The molecule has 0 bridgehead atoms. The molecule has 22 heavy (non-hydrogen) atoms. The van der Waals surface area contributed by atoms with Crippen LogP contribution in [-0.4, -0.2) is 10.1 Å². The Morgan fingerprint density at radius 1 is 0.955 bits per heavy atom. The average Bonchev–Trinajstić information content (AvgIpc) is 2.45. The Morgan fingerprint density at radius 3 is 2.32 bits per heavy atom. The van der Waals surface area contributed by atoms with E-state index in [1.807, 2.05) is 0 Å². The zero-order valence-corrected chi connectivity index (χ0v) is 12.6. The van der Waals surface area contributed by atoms with E-state index >= 15 is 0 Å². The molecule has 0 radical (unpaired) electrons. The molecule has 0 amide bonds. The Hall–Kier alpha value is -1.92. The molecule has 1 N–H and O–H groups in total. The third-order valence-corrected chi connectivity index (χ3v) is 3.71. The molecule has 1 aromatic heterocycles. The Morgan fingerprint density at radius 2 is 1.64 bits per heavy atom. The molecule has 2 nitrogen and oxygen atoms in total. The maximum absolute atomic E-state index is 14.0. The van der Waals surface area contributed by atoms with E-state index in [9.17, 15) is 18.3 Å². The molecule has 1 unspecified atom stereocenters. The minimum absolute atomic E-state index is 0.0156. The molecule has 3 rings (SSSR count). The summed E-state index contributed by atoms with van der Waals surface area (Å²) in [5, 5.41) is 11.0. The summed E-state index contributed by atoms with van der Waals surface area (Å²) in [5.41, 5.74) is 0.126. The van der Waals surface area contributed by atoms with Gasteiger partial charge in [0.2, 0.25) is 0 Å². The van der Waals surface area contributed by atoms with Gasteiger partial charge in [-0.2, -0.15) is 0 Å². The van der Waals surface area contributed by atoms with Crippen LogP contribution < -0.4 is 0 Å². The predicted molar refractivity (Wildman–Crippen MR) is 79.8 cm³/mol. The van der Waals surface area contributed by atoms with Crippen LogP contribution >= 0.6 is 15.9 Å². The number of halogens is 4. The fourth-order valence-electron chi connectivity index (χ4n) is 2.25. The lowest BCUT2D eigenvalue weighted by molar-refractivity contribution is 0.214. The summed E-state index contributed by atoms with van der Waals surface area (Å²) in [6.07, 6.45) is 0.0508. The van der Waals surface area contributed by atoms with Crippen molar-refractivity contribution in [1.29, 1.82) is 0 Å². The first-order valence-corrected chi connectivity index (χ1v) is 7.12. The van der Waals surface area contributed by atoms with Gasteiger partial charge in [0.1, 0.15) is 23.6 Å². The normalized spacial score (nSPS) is 12.6. The van der Waals surface area contributed by atoms with Crippen LogP contribution in [0.4, 0.5) is 13.2 Å². The van der Waals surface area contributed by atoms with Crippen LogP contribution in [0.1, 0.15) is 17.4 Å². The highest BCUT2D eigenvalue weighted by Gasteiger charge is 2.16. The van der Waals surface area contributed by atoms with Crippen LogP contribution in [0.25, 0.3) is 10.8 Å². The second kappa shape index (κ2) is 5.70. The van der Waals surface area contributed by atoms with Gasteiger partial charge >= 0.3 is 0 Å². The smallest absolute Gasteiger partial charge is 0.132 e. The predicted octanol–water partition coefficient (Wildman–Crippen LogP) is 4.50. The lowest BCUT2D eigenvalue weighted by Gasteiger charge is -2.12. The van der Waals surface area contributed by atoms with Gasteiger partial charge in [0.25, 0.3) is 0 Å². The summed E-state index contributed by atoms with van der Waals surface area (Å²) in [7, 11) is 0. The number of rotatable bonds is 2. The fourth-order valence-corrected chi connectivity index (χ4v) is 2.69. The summed E-state index contributed by atoms with van der Waals surface area (Å²) in [6, 6.07) is 7.07. The third kappa shape index (κ3) is 2.84. The van der Waals surface area contributed by atoms with Crippen LogP contribution in [-0.2, 0) is 0 Å². The van der Waals surface area contributed by atoms with Crippen LogP contribution in [0.5, 0.6) is 0 Å². The van der Waals surface area contributed by atoms with Gasteiger partial charge in [-0.05, 0) is 35.9 Å². The van der Waals surface area contributed by atoms with E-state index in [2.05, 4.69) is 20.9 Å². The molecule has 0 aliphatic carbocycles. The van der Waals surface area contributed by atoms with E-state index in [0.717, 1.165) is 12.1 Å². The number of hydrogen-bond acceptors (Lipinski definition) is 2. The fraction of sp³-hybridized carbons (Fsp3) is 0.0625. The van der Waals surface area contributed by atoms with E-state index < -0.39 is 23.6 Å². The van der Waals surface area contributed by atoms with Crippen LogP contribution in [0.2, 0.25) is 0 Å². The Balaban J connectivity index is 2.09. The van der Waals surface area contributed by atoms with E-state index in [0.29, 0.717) is 15.9 Å². The summed E-state index contributed by atoms with van der Waals surface area (Å²) >= 11 is 3.18. The van der Waals surface area contributed by atoms with Gasteiger partial charge in [0.15, 0.2) is 0 Å². The number of aromatic nitrogens is 1. The highest BCUT2D eigenvalue weighted by molar-refractivity contribution is 9.10. The molecule has 3 aromatic rings. The molecule has 0 aliphatic rings. The highest BCUT2D eigenvalue weighted by atomic mass is 79.9. The number of hydrogen-bond donors (Lipinski definition) is 1. The lowest BCUT2D eigenvalue weighted by Crippen LogP contribution is -2.04. The second-order valence-corrected chi connectivity index (χ2v) is 5.74. The topological polar surface area (TPSA) is 33.1 Å². The number of fused-ring (bicyclic) bond motifs is 1. The number of benzene rings is 2. The third-order valence-electron chi connectivity index (χ3n) is 3.25. The molecule has 0 saturated heterocycles. The Bertz CT molecular complexity index is 849. The molecular weight excluding hydrogens is 359 g/mol. The summed E-state index contributed by atoms with van der Waals surface area (Å²) < 4.78 is 41.0. The van der Waals surface area contributed by atoms with Gasteiger partial charge in [0.05, 0.1) is 5.69 Å². The first-order chi connectivity index (χ1) is 10.4. The van der Waals surface area contributed by atoms with Crippen molar-refractivity contribution in [3.8, 4) is 0 Å². The Labute approximate surface area is 132 Å². The first-order valence-electron chi connectivity index (χ1n) is 6.33. The molecule has 1 heterocycles. The second-order valence-electron chi connectivity index (χ2n) is 4.82. The van der Waals surface area contributed by atoms with Gasteiger partial charge < -0.3 is 5.11 Å². The maximum atomic E-state index is 14.0. The monoisotopic (exact) mass is 367 g/mol. The highest BCUT2D eigenvalue weighted by Crippen LogP contribution is 2.28. The van der Waals surface area contributed by atoms with Crippen LogP contribution in [0, 0.1) is 17.5 Å². The number of aliphatic hydroxyl groups is 1. The van der Waals surface area contributed by atoms with Crippen molar-refractivity contribution in [3.63, 3.8) is 0 Å².